The minimum atomic E-state index is -0.423. The monoisotopic (exact) mass is 329 g/mol. The van der Waals surface area contributed by atoms with Crippen molar-refractivity contribution in [2.24, 2.45) is 0 Å². The molecule has 0 aliphatic carbocycles. The molecule has 1 aromatic carbocycles. The van der Waals surface area contributed by atoms with Gasteiger partial charge in [0.25, 0.3) is 5.91 Å². The van der Waals surface area contributed by atoms with E-state index in [1.807, 2.05) is 0 Å². The Morgan fingerprint density at radius 1 is 1.14 bits per heavy atom. The molecule has 112 valence electrons. The average Bonchev–Trinajstić information content (AvgIpc) is 2.92. The summed E-state index contributed by atoms with van der Waals surface area (Å²) in [7, 11) is 4.49. The maximum absolute atomic E-state index is 12.0. The lowest BCUT2D eigenvalue weighted by molar-refractivity contribution is 0.102. The SMILES string of the molecule is COc1cc(NC(=O)c2nnc(Cl)s2)cc(OC)c1OC. The summed E-state index contributed by atoms with van der Waals surface area (Å²) in [4.78, 5) is 12.0. The number of hydrogen-bond acceptors (Lipinski definition) is 7. The molecule has 0 atom stereocenters. The van der Waals surface area contributed by atoms with Gasteiger partial charge in [-0.15, -0.1) is 10.2 Å². The zero-order chi connectivity index (χ0) is 15.4. The van der Waals surface area contributed by atoms with Crippen LogP contribution in [0.3, 0.4) is 0 Å². The van der Waals surface area contributed by atoms with Crippen LogP contribution in [0.2, 0.25) is 4.47 Å². The molecule has 0 radical (unpaired) electrons. The molecule has 0 saturated carbocycles. The average molecular weight is 330 g/mol. The second-order valence-corrected chi connectivity index (χ2v) is 5.29. The lowest BCUT2D eigenvalue weighted by atomic mass is 10.2. The van der Waals surface area contributed by atoms with Crippen LogP contribution in [0.15, 0.2) is 12.1 Å². The van der Waals surface area contributed by atoms with Crippen LogP contribution < -0.4 is 19.5 Å². The van der Waals surface area contributed by atoms with Crippen molar-refractivity contribution in [3.8, 4) is 17.2 Å². The first-order valence-corrected chi connectivity index (χ1v) is 6.88. The van der Waals surface area contributed by atoms with E-state index in [-0.39, 0.29) is 9.47 Å². The van der Waals surface area contributed by atoms with E-state index in [0.29, 0.717) is 22.9 Å². The number of rotatable bonds is 5. The molecule has 0 spiro atoms. The van der Waals surface area contributed by atoms with Crippen LogP contribution in [0.4, 0.5) is 5.69 Å². The van der Waals surface area contributed by atoms with Gasteiger partial charge in [0.05, 0.1) is 21.3 Å². The van der Waals surface area contributed by atoms with Crippen LogP contribution in [-0.2, 0) is 0 Å². The number of amides is 1. The Morgan fingerprint density at radius 3 is 2.19 bits per heavy atom. The fourth-order valence-corrected chi connectivity index (χ4v) is 2.36. The second-order valence-electron chi connectivity index (χ2n) is 3.73. The van der Waals surface area contributed by atoms with E-state index in [1.165, 1.54) is 21.3 Å². The Labute approximate surface area is 129 Å². The van der Waals surface area contributed by atoms with Crippen LogP contribution in [0.5, 0.6) is 17.2 Å². The highest BCUT2D eigenvalue weighted by Crippen LogP contribution is 2.40. The number of benzene rings is 1. The summed E-state index contributed by atoms with van der Waals surface area (Å²) in [6.07, 6.45) is 0. The van der Waals surface area contributed by atoms with Gasteiger partial charge in [0.2, 0.25) is 15.2 Å². The molecule has 1 N–H and O–H groups in total. The summed E-state index contributed by atoms with van der Waals surface area (Å²) in [5.74, 6) is 0.885. The zero-order valence-corrected chi connectivity index (χ0v) is 13.0. The molecule has 1 aromatic heterocycles. The van der Waals surface area contributed by atoms with Crippen molar-refractivity contribution in [3.05, 3.63) is 21.6 Å². The number of ether oxygens (including phenoxy) is 3. The summed E-state index contributed by atoms with van der Waals surface area (Å²) in [5.41, 5.74) is 0.473. The maximum atomic E-state index is 12.0. The number of carbonyl (C=O) groups excluding carboxylic acids is 1. The first-order chi connectivity index (χ1) is 10.1. The molecule has 1 amide bonds. The molecular weight excluding hydrogens is 318 g/mol. The van der Waals surface area contributed by atoms with Gasteiger partial charge in [0.1, 0.15) is 0 Å². The third-order valence-corrected chi connectivity index (χ3v) is 3.53. The molecule has 0 aliphatic rings. The van der Waals surface area contributed by atoms with Crippen molar-refractivity contribution in [2.75, 3.05) is 26.6 Å². The van der Waals surface area contributed by atoms with Gasteiger partial charge in [0, 0.05) is 17.8 Å². The lowest BCUT2D eigenvalue weighted by Crippen LogP contribution is -2.12. The smallest absolute Gasteiger partial charge is 0.286 e. The molecule has 2 aromatic rings. The second kappa shape index (κ2) is 6.59. The highest BCUT2D eigenvalue weighted by atomic mass is 35.5. The number of nitrogens with one attached hydrogen (secondary N) is 1. The number of anilines is 1. The Morgan fingerprint density at radius 2 is 1.76 bits per heavy atom. The molecule has 0 aliphatic heterocycles. The van der Waals surface area contributed by atoms with Crippen molar-refractivity contribution < 1.29 is 19.0 Å². The highest BCUT2D eigenvalue weighted by Gasteiger charge is 2.17. The number of halogens is 1. The number of hydrogen-bond donors (Lipinski definition) is 1. The van der Waals surface area contributed by atoms with Gasteiger partial charge in [-0.25, -0.2) is 0 Å². The summed E-state index contributed by atoms with van der Waals surface area (Å²) >= 11 is 6.64. The number of methoxy groups -OCH3 is 3. The van der Waals surface area contributed by atoms with E-state index in [4.69, 9.17) is 25.8 Å². The van der Waals surface area contributed by atoms with E-state index < -0.39 is 5.91 Å². The van der Waals surface area contributed by atoms with Crippen LogP contribution in [0, 0.1) is 0 Å². The van der Waals surface area contributed by atoms with Crippen molar-refractivity contribution in [1.29, 1.82) is 0 Å². The largest absolute Gasteiger partial charge is 0.493 e. The molecule has 1 heterocycles. The third-order valence-electron chi connectivity index (χ3n) is 2.52. The Balaban J connectivity index is 2.29. The van der Waals surface area contributed by atoms with Gasteiger partial charge in [-0.3, -0.25) is 4.79 Å². The topological polar surface area (TPSA) is 82.6 Å². The van der Waals surface area contributed by atoms with Crippen LogP contribution in [-0.4, -0.2) is 37.4 Å². The maximum Gasteiger partial charge on any atom is 0.286 e. The first-order valence-electron chi connectivity index (χ1n) is 5.69. The third kappa shape index (κ3) is 3.34. The van der Waals surface area contributed by atoms with Gasteiger partial charge >= 0.3 is 0 Å². The van der Waals surface area contributed by atoms with E-state index in [0.717, 1.165) is 11.3 Å². The predicted octanol–water partition coefficient (Wildman–Crippen LogP) is 2.47. The molecule has 0 fully saturated rings. The Kier molecular flexibility index (Phi) is 4.81. The van der Waals surface area contributed by atoms with E-state index >= 15 is 0 Å². The molecule has 7 nitrogen and oxygen atoms in total. The van der Waals surface area contributed by atoms with Gasteiger partial charge in [0.15, 0.2) is 11.5 Å². The Hall–Kier alpha value is -2.06. The molecule has 0 unspecified atom stereocenters. The summed E-state index contributed by atoms with van der Waals surface area (Å²) < 4.78 is 15.8. The molecular formula is C12H12ClN3O4S. The quantitative estimate of drug-likeness (QED) is 0.907. The minimum absolute atomic E-state index is 0.161. The van der Waals surface area contributed by atoms with Crippen molar-refractivity contribution in [1.82, 2.24) is 10.2 Å². The molecule has 9 heteroatoms. The fraction of sp³-hybridized carbons (Fsp3) is 0.250. The van der Waals surface area contributed by atoms with Crippen molar-refractivity contribution in [3.63, 3.8) is 0 Å². The zero-order valence-electron chi connectivity index (χ0n) is 11.5. The normalized spacial score (nSPS) is 10.1. The minimum Gasteiger partial charge on any atom is -0.493 e. The van der Waals surface area contributed by atoms with Gasteiger partial charge in [-0.2, -0.15) is 0 Å². The number of carbonyl (C=O) groups is 1. The highest BCUT2D eigenvalue weighted by molar-refractivity contribution is 7.17. The molecule has 21 heavy (non-hydrogen) atoms. The molecule has 0 bridgehead atoms. The van der Waals surface area contributed by atoms with E-state index in [1.54, 1.807) is 12.1 Å². The van der Waals surface area contributed by atoms with Gasteiger partial charge in [-0.1, -0.05) is 11.3 Å². The van der Waals surface area contributed by atoms with Gasteiger partial charge < -0.3 is 19.5 Å². The molecule has 2 rings (SSSR count). The summed E-state index contributed by atoms with van der Waals surface area (Å²) in [6, 6.07) is 3.23. The Bertz CT molecular complexity index is 637. The van der Waals surface area contributed by atoms with Crippen LogP contribution in [0.25, 0.3) is 0 Å². The number of aromatic nitrogens is 2. The van der Waals surface area contributed by atoms with Crippen LogP contribution in [0.1, 0.15) is 9.80 Å². The van der Waals surface area contributed by atoms with Gasteiger partial charge in [-0.05, 0) is 11.6 Å². The van der Waals surface area contributed by atoms with Crippen molar-refractivity contribution in [2.45, 2.75) is 0 Å². The number of nitrogens with zero attached hydrogens (tertiary/aromatic N) is 2. The standard InChI is InChI=1S/C12H12ClN3O4S/c1-18-7-4-6(5-8(19-2)9(7)20-3)14-10(17)11-15-16-12(13)21-11/h4-5H,1-3H3,(H,14,17). The van der Waals surface area contributed by atoms with E-state index in [2.05, 4.69) is 15.5 Å². The summed E-state index contributed by atoms with van der Waals surface area (Å²) in [6.45, 7) is 0. The molecule has 0 saturated heterocycles. The van der Waals surface area contributed by atoms with Crippen LogP contribution >= 0.6 is 22.9 Å². The van der Waals surface area contributed by atoms with E-state index in [9.17, 15) is 4.79 Å². The predicted molar refractivity (Wildman–Crippen MR) is 79.0 cm³/mol. The summed E-state index contributed by atoms with van der Waals surface area (Å²) in [5, 5.41) is 10.1. The first kappa shape index (κ1) is 15.3. The van der Waals surface area contributed by atoms with Crippen molar-refractivity contribution >= 4 is 34.5 Å². The lowest BCUT2D eigenvalue weighted by Gasteiger charge is -2.14. The fourth-order valence-electron chi connectivity index (χ4n) is 1.63.